The number of rotatable bonds is 4. The van der Waals surface area contributed by atoms with Crippen LogP contribution in [0.15, 0.2) is 0 Å². The van der Waals surface area contributed by atoms with E-state index in [1.54, 1.807) is 13.0 Å². The Morgan fingerprint density at radius 2 is 2.00 bits per heavy atom. The minimum atomic E-state index is -4.42. The third-order valence-electron chi connectivity index (χ3n) is 1.93. The van der Waals surface area contributed by atoms with Gasteiger partial charge in [0.15, 0.2) is 0 Å². The van der Waals surface area contributed by atoms with Crippen LogP contribution in [0, 0.1) is 17.2 Å². The van der Waals surface area contributed by atoms with Crippen molar-refractivity contribution in [1.82, 2.24) is 4.90 Å². The number of hydrogen-bond donors (Lipinski definition) is 0. The van der Waals surface area contributed by atoms with Crippen molar-refractivity contribution in [2.45, 2.75) is 26.4 Å². The number of hydrogen-bond acceptors (Lipinski definition) is 2. The van der Waals surface area contributed by atoms with E-state index in [0.717, 1.165) is 0 Å². The number of nitrogens with zero attached hydrogens (tertiary/aromatic N) is 2. The Balaban J connectivity index is 4.55. The van der Waals surface area contributed by atoms with Crippen LogP contribution in [-0.4, -0.2) is 30.1 Å². The van der Waals surface area contributed by atoms with Crippen LogP contribution in [0.4, 0.5) is 13.2 Å². The number of amides is 1. The molecule has 0 bridgehead atoms. The van der Waals surface area contributed by atoms with Gasteiger partial charge in [-0.25, -0.2) is 0 Å². The van der Waals surface area contributed by atoms with Crippen LogP contribution in [-0.2, 0) is 4.79 Å². The minimum Gasteiger partial charge on any atom is -0.333 e. The van der Waals surface area contributed by atoms with Gasteiger partial charge in [0.25, 0.3) is 0 Å². The second-order valence-corrected chi connectivity index (χ2v) is 3.06. The smallest absolute Gasteiger partial charge is 0.333 e. The molecule has 0 fully saturated rings. The zero-order valence-corrected chi connectivity index (χ0v) is 8.64. The highest BCUT2D eigenvalue weighted by atomic mass is 19.4. The first kappa shape index (κ1) is 13.8. The van der Waals surface area contributed by atoms with Crippen LogP contribution in [0.5, 0.6) is 0 Å². The molecule has 0 aromatic heterocycles. The molecule has 0 aliphatic carbocycles. The van der Waals surface area contributed by atoms with Crippen molar-refractivity contribution in [1.29, 1.82) is 5.26 Å². The topological polar surface area (TPSA) is 44.1 Å². The number of carbonyl (C=O) groups is 1. The summed E-state index contributed by atoms with van der Waals surface area (Å²) >= 11 is 0. The van der Waals surface area contributed by atoms with Crippen molar-refractivity contribution in [3.05, 3.63) is 0 Å². The van der Waals surface area contributed by atoms with E-state index < -0.39 is 24.5 Å². The molecule has 15 heavy (non-hydrogen) atoms. The first-order valence-corrected chi connectivity index (χ1v) is 4.60. The third kappa shape index (κ3) is 4.68. The Labute approximate surface area is 86.5 Å². The molecular weight excluding hydrogens is 209 g/mol. The summed E-state index contributed by atoms with van der Waals surface area (Å²) in [6.45, 7) is 1.71. The molecule has 0 saturated heterocycles. The lowest BCUT2D eigenvalue weighted by Crippen LogP contribution is -2.41. The lowest BCUT2D eigenvalue weighted by molar-refractivity contribution is -0.162. The summed E-state index contributed by atoms with van der Waals surface area (Å²) in [4.78, 5) is 12.1. The van der Waals surface area contributed by atoms with Crippen LogP contribution < -0.4 is 0 Å². The predicted molar refractivity (Wildman–Crippen MR) is 47.7 cm³/mol. The second kappa shape index (κ2) is 5.59. The van der Waals surface area contributed by atoms with Gasteiger partial charge in [0.2, 0.25) is 5.91 Å². The van der Waals surface area contributed by atoms with Gasteiger partial charge >= 0.3 is 6.18 Å². The summed E-state index contributed by atoms with van der Waals surface area (Å²) in [7, 11) is 0. The summed E-state index contributed by atoms with van der Waals surface area (Å²) in [5.74, 6) is -1.73. The Kier molecular flexibility index (Phi) is 5.12. The van der Waals surface area contributed by atoms with Crippen LogP contribution in [0.2, 0.25) is 0 Å². The second-order valence-electron chi connectivity index (χ2n) is 3.06. The van der Waals surface area contributed by atoms with Crippen LogP contribution in [0.25, 0.3) is 0 Å². The van der Waals surface area contributed by atoms with E-state index in [1.165, 1.54) is 6.92 Å². The molecule has 0 aromatic carbocycles. The van der Waals surface area contributed by atoms with Gasteiger partial charge in [-0.05, 0) is 13.3 Å². The number of alkyl halides is 3. The molecule has 0 aliphatic rings. The molecule has 0 N–H and O–H groups in total. The number of carbonyl (C=O) groups excluding carboxylic acids is 1. The molecule has 0 rings (SSSR count). The molecule has 0 spiro atoms. The zero-order valence-electron chi connectivity index (χ0n) is 8.64. The van der Waals surface area contributed by atoms with Crippen LogP contribution in [0.3, 0.4) is 0 Å². The fraction of sp³-hybridized carbons (Fsp3) is 0.778. The SMILES string of the molecule is CCC(C#N)C(=O)N(CC)CC(F)(F)F. The number of nitriles is 1. The maximum Gasteiger partial charge on any atom is 0.406 e. The van der Waals surface area contributed by atoms with Crippen LogP contribution in [0.1, 0.15) is 20.3 Å². The average Bonchev–Trinajstić information content (AvgIpc) is 2.14. The molecule has 0 heterocycles. The summed E-state index contributed by atoms with van der Waals surface area (Å²) < 4.78 is 36.1. The van der Waals surface area contributed by atoms with E-state index >= 15 is 0 Å². The Morgan fingerprint density at radius 1 is 1.47 bits per heavy atom. The van der Waals surface area contributed by atoms with Crippen molar-refractivity contribution in [2.75, 3.05) is 13.1 Å². The van der Waals surface area contributed by atoms with Gasteiger partial charge < -0.3 is 4.90 Å². The first-order valence-electron chi connectivity index (χ1n) is 4.60. The first-order chi connectivity index (χ1) is 6.85. The fourth-order valence-corrected chi connectivity index (χ4v) is 1.10. The summed E-state index contributed by atoms with van der Waals surface area (Å²) in [6, 6.07) is 1.69. The Morgan fingerprint density at radius 3 is 2.27 bits per heavy atom. The normalized spacial score (nSPS) is 13.1. The minimum absolute atomic E-state index is 0.0451. The van der Waals surface area contributed by atoms with Crippen molar-refractivity contribution in [3.8, 4) is 6.07 Å². The monoisotopic (exact) mass is 222 g/mol. The molecule has 0 radical (unpaired) electrons. The Bertz CT molecular complexity index is 257. The van der Waals surface area contributed by atoms with Gasteiger partial charge in [0, 0.05) is 6.54 Å². The standard InChI is InChI=1S/C9H13F3N2O/c1-3-7(5-13)8(15)14(4-2)6-9(10,11)12/h7H,3-4,6H2,1-2H3. The van der Waals surface area contributed by atoms with E-state index in [2.05, 4.69) is 0 Å². The molecular formula is C9H13F3N2O. The molecule has 0 aliphatic heterocycles. The summed E-state index contributed by atoms with van der Waals surface area (Å²) in [6.07, 6.45) is -4.19. The van der Waals surface area contributed by atoms with Crippen molar-refractivity contribution < 1.29 is 18.0 Å². The Hall–Kier alpha value is -1.25. The molecule has 1 amide bonds. The van der Waals surface area contributed by atoms with Gasteiger partial charge in [-0.2, -0.15) is 18.4 Å². The molecule has 0 aromatic rings. The van der Waals surface area contributed by atoms with Gasteiger partial charge in [-0.15, -0.1) is 0 Å². The van der Waals surface area contributed by atoms with E-state index in [4.69, 9.17) is 5.26 Å². The quantitative estimate of drug-likeness (QED) is 0.729. The highest BCUT2D eigenvalue weighted by Crippen LogP contribution is 2.18. The van der Waals surface area contributed by atoms with Crippen molar-refractivity contribution in [3.63, 3.8) is 0 Å². The third-order valence-corrected chi connectivity index (χ3v) is 1.93. The molecule has 86 valence electrons. The van der Waals surface area contributed by atoms with Gasteiger partial charge in [-0.1, -0.05) is 6.92 Å². The van der Waals surface area contributed by atoms with E-state index in [0.29, 0.717) is 4.90 Å². The molecule has 3 nitrogen and oxygen atoms in total. The molecule has 1 atom stereocenters. The van der Waals surface area contributed by atoms with Crippen molar-refractivity contribution >= 4 is 5.91 Å². The average molecular weight is 222 g/mol. The van der Waals surface area contributed by atoms with Crippen molar-refractivity contribution in [2.24, 2.45) is 5.92 Å². The van der Waals surface area contributed by atoms with E-state index in [-0.39, 0.29) is 13.0 Å². The number of halogens is 3. The van der Waals surface area contributed by atoms with E-state index in [1.807, 2.05) is 0 Å². The van der Waals surface area contributed by atoms with Gasteiger partial charge in [0.1, 0.15) is 12.5 Å². The zero-order chi connectivity index (χ0) is 12.1. The summed E-state index contributed by atoms with van der Waals surface area (Å²) in [5.41, 5.74) is 0. The predicted octanol–water partition coefficient (Wildman–Crippen LogP) is 1.95. The lowest BCUT2D eigenvalue weighted by Gasteiger charge is -2.23. The highest BCUT2D eigenvalue weighted by Gasteiger charge is 2.34. The highest BCUT2D eigenvalue weighted by molar-refractivity contribution is 5.81. The van der Waals surface area contributed by atoms with Gasteiger partial charge in [0.05, 0.1) is 6.07 Å². The largest absolute Gasteiger partial charge is 0.406 e. The molecule has 1 unspecified atom stereocenters. The summed E-state index contributed by atoms with van der Waals surface area (Å²) in [5, 5.41) is 8.56. The maximum absolute atomic E-state index is 12.0. The molecule has 6 heteroatoms. The van der Waals surface area contributed by atoms with E-state index in [9.17, 15) is 18.0 Å². The van der Waals surface area contributed by atoms with Crippen LogP contribution >= 0.6 is 0 Å². The van der Waals surface area contributed by atoms with Gasteiger partial charge in [-0.3, -0.25) is 4.79 Å². The lowest BCUT2D eigenvalue weighted by atomic mass is 10.1. The molecule has 0 saturated carbocycles. The maximum atomic E-state index is 12.0. The fourth-order valence-electron chi connectivity index (χ4n) is 1.10.